The van der Waals surface area contributed by atoms with Crippen molar-refractivity contribution in [3.8, 4) is 0 Å². The number of fused-ring (bicyclic) bond motifs is 1. The van der Waals surface area contributed by atoms with Crippen molar-refractivity contribution < 1.29 is 9.59 Å². The lowest BCUT2D eigenvalue weighted by Crippen LogP contribution is -2.24. The maximum atomic E-state index is 10.5. The van der Waals surface area contributed by atoms with Crippen molar-refractivity contribution in [1.29, 1.82) is 0 Å². The van der Waals surface area contributed by atoms with Crippen LogP contribution in [0.4, 0.5) is 0 Å². The van der Waals surface area contributed by atoms with E-state index in [4.69, 9.17) is 0 Å². The highest BCUT2D eigenvalue weighted by Crippen LogP contribution is 2.25. The fraction of sp³-hybridized carbons (Fsp3) is 0.484. The fourth-order valence-electron chi connectivity index (χ4n) is 4.04. The third-order valence-electron chi connectivity index (χ3n) is 6.28. The molecule has 2 aliphatic heterocycles. The zero-order chi connectivity index (χ0) is 28.2. The van der Waals surface area contributed by atoms with E-state index in [1.165, 1.54) is 22.4 Å². The third kappa shape index (κ3) is 12.2. The molecule has 0 amide bonds. The van der Waals surface area contributed by atoms with Crippen molar-refractivity contribution in [2.75, 3.05) is 27.2 Å². The van der Waals surface area contributed by atoms with E-state index in [1.54, 1.807) is 11.0 Å². The van der Waals surface area contributed by atoms with Crippen molar-refractivity contribution in [1.82, 2.24) is 20.9 Å². The van der Waals surface area contributed by atoms with E-state index in [-0.39, 0.29) is 6.04 Å². The number of hydrogen-bond donors (Lipinski definition) is 3. The summed E-state index contributed by atoms with van der Waals surface area (Å²) in [5, 5.41) is 9.65. The minimum Gasteiger partial charge on any atom is -0.383 e. The molecule has 1 fully saturated rings. The minimum absolute atomic E-state index is 0.0949. The number of thiophene rings is 1. The summed E-state index contributed by atoms with van der Waals surface area (Å²) in [5.41, 5.74) is 4.60. The molecular weight excluding hydrogens is 492 g/mol. The number of rotatable bonds is 9. The number of likely N-dealkylation sites (N-methyl/N-ethyl adjacent to an activating group) is 1. The average molecular weight is 541 g/mol. The van der Waals surface area contributed by atoms with Crippen LogP contribution in [0.15, 0.2) is 60.4 Å². The summed E-state index contributed by atoms with van der Waals surface area (Å²) in [6.45, 7) is 13.7. The lowest BCUT2D eigenvalue weighted by Gasteiger charge is -2.16. The lowest BCUT2D eigenvalue weighted by molar-refractivity contribution is -0.111. The van der Waals surface area contributed by atoms with Crippen molar-refractivity contribution in [3.63, 3.8) is 0 Å². The molecule has 0 aliphatic carbocycles. The molecular formula is C31H48N4O2S. The normalized spacial score (nSPS) is 16.0. The minimum atomic E-state index is 0.0949. The fourth-order valence-corrected chi connectivity index (χ4v) is 5.24. The van der Waals surface area contributed by atoms with Gasteiger partial charge in [-0.15, -0.1) is 11.3 Å². The standard InChI is InChI=1S/C13H17NO.C9H14N2S.C7H11NO.C2H6/c1-2-13(11-15)14-10-6-9-12-7-4-3-5-8-12;1-10-6-8-4-7-5-11-3-2-9(7)12-8;1-6-3-4-7(5-9)8(6)2;1-2/h2-5,7-8,11,14H,6,9-10H2,1H3;4,10-11H,2-3,5-6H2,1H3;5,7H,1,3-4H2,2H3;1-2H3/b13-2+;;;. The van der Waals surface area contributed by atoms with Gasteiger partial charge in [0.1, 0.15) is 6.29 Å². The van der Waals surface area contributed by atoms with Crippen LogP contribution in [-0.2, 0) is 35.5 Å². The quantitative estimate of drug-likeness (QED) is 0.229. The molecule has 2 aromatic rings. The second-order valence-corrected chi connectivity index (χ2v) is 10.1. The number of hydrogen-bond acceptors (Lipinski definition) is 7. The van der Waals surface area contributed by atoms with Crippen LogP contribution >= 0.6 is 11.3 Å². The molecule has 210 valence electrons. The Morgan fingerprint density at radius 3 is 2.47 bits per heavy atom. The van der Waals surface area contributed by atoms with Crippen molar-refractivity contribution in [2.45, 2.75) is 72.0 Å². The van der Waals surface area contributed by atoms with Gasteiger partial charge in [0.2, 0.25) is 0 Å². The molecule has 0 spiro atoms. The Morgan fingerprint density at radius 1 is 1.21 bits per heavy atom. The number of aryl methyl sites for hydroxylation is 1. The van der Waals surface area contributed by atoms with E-state index in [9.17, 15) is 9.59 Å². The summed E-state index contributed by atoms with van der Waals surface area (Å²) in [7, 11) is 3.91. The first-order chi connectivity index (χ1) is 18.5. The maximum absolute atomic E-state index is 10.5. The largest absolute Gasteiger partial charge is 0.383 e. The predicted octanol–water partition coefficient (Wildman–Crippen LogP) is 5.24. The van der Waals surface area contributed by atoms with Gasteiger partial charge >= 0.3 is 0 Å². The van der Waals surface area contributed by atoms with Crippen LogP contribution in [0, 0.1) is 0 Å². The molecule has 2 aliphatic rings. The molecule has 1 aromatic heterocycles. The van der Waals surface area contributed by atoms with Crippen LogP contribution in [-0.4, -0.2) is 50.7 Å². The molecule has 0 saturated carbocycles. The first-order valence-corrected chi connectivity index (χ1v) is 14.5. The molecule has 3 N–H and O–H groups in total. The van der Waals surface area contributed by atoms with Gasteiger partial charge in [0, 0.05) is 48.7 Å². The first-order valence-electron chi connectivity index (χ1n) is 13.7. The van der Waals surface area contributed by atoms with Crippen LogP contribution in [0.25, 0.3) is 0 Å². The number of benzene rings is 1. The lowest BCUT2D eigenvalue weighted by atomic mass is 10.1. The Kier molecular flexibility index (Phi) is 17.7. The number of aldehydes is 2. The predicted molar refractivity (Wildman–Crippen MR) is 162 cm³/mol. The Labute approximate surface area is 234 Å². The summed E-state index contributed by atoms with van der Waals surface area (Å²) in [6.07, 6.45) is 8.83. The van der Waals surface area contributed by atoms with Crippen LogP contribution < -0.4 is 16.0 Å². The zero-order valence-electron chi connectivity index (χ0n) is 24.0. The number of nitrogens with one attached hydrogen (secondary N) is 3. The van der Waals surface area contributed by atoms with Gasteiger partial charge < -0.3 is 25.6 Å². The van der Waals surface area contributed by atoms with Crippen LogP contribution in [0.2, 0.25) is 0 Å². The zero-order valence-corrected chi connectivity index (χ0v) is 24.8. The van der Waals surface area contributed by atoms with Gasteiger partial charge in [-0.1, -0.05) is 56.8 Å². The topological polar surface area (TPSA) is 73.5 Å². The molecule has 6 nitrogen and oxygen atoms in total. The second kappa shape index (κ2) is 20.3. The third-order valence-corrected chi connectivity index (χ3v) is 7.51. The number of allylic oxidation sites excluding steroid dienone is 3. The molecule has 0 radical (unpaired) electrons. The van der Waals surface area contributed by atoms with E-state index < -0.39 is 0 Å². The van der Waals surface area contributed by atoms with Crippen LogP contribution in [0.1, 0.15) is 60.9 Å². The van der Waals surface area contributed by atoms with Crippen molar-refractivity contribution >= 4 is 23.9 Å². The SMILES string of the molecule is C/C=C(\C=O)NCCCc1ccccc1.C=C1CCC(C=O)N1C.CC.CNCc1cc2c(s1)CCNC2. The van der Waals surface area contributed by atoms with E-state index >= 15 is 0 Å². The monoisotopic (exact) mass is 540 g/mol. The van der Waals surface area contributed by atoms with Crippen molar-refractivity contribution in [2.24, 2.45) is 0 Å². The Balaban J connectivity index is 0.000000283. The molecule has 1 atom stereocenters. The van der Waals surface area contributed by atoms with Gasteiger partial charge in [0.25, 0.3) is 0 Å². The molecule has 1 saturated heterocycles. The maximum Gasteiger partial charge on any atom is 0.165 e. The molecule has 1 unspecified atom stereocenters. The first kappa shape index (κ1) is 33.3. The van der Waals surface area contributed by atoms with Gasteiger partial charge in [-0.3, -0.25) is 4.79 Å². The van der Waals surface area contributed by atoms with Gasteiger partial charge in [-0.05, 0) is 63.3 Å². The Bertz CT molecular complexity index is 948. The molecule has 4 rings (SSSR count). The second-order valence-electron chi connectivity index (χ2n) is 8.92. The highest BCUT2D eigenvalue weighted by Gasteiger charge is 2.21. The number of carbonyl (C=O) groups is 2. The molecule has 7 heteroatoms. The van der Waals surface area contributed by atoms with Gasteiger partial charge in [0.05, 0.1) is 11.7 Å². The van der Waals surface area contributed by atoms with E-state index in [0.29, 0.717) is 5.70 Å². The number of likely N-dealkylation sites (tertiary alicyclic amines) is 1. The molecule has 1 aromatic carbocycles. The average Bonchev–Trinajstić information content (AvgIpc) is 3.53. The number of nitrogens with zero attached hydrogens (tertiary/aromatic N) is 1. The summed E-state index contributed by atoms with van der Waals surface area (Å²) in [6, 6.07) is 12.8. The smallest absolute Gasteiger partial charge is 0.165 e. The van der Waals surface area contributed by atoms with Gasteiger partial charge in [-0.25, -0.2) is 0 Å². The van der Waals surface area contributed by atoms with Gasteiger partial charge in [-0.2, -0.15) is 0 Å². The number of carbonyl (C=O) groups excluding carboxylic acids is 2. The summed E-state index contributed by atoms with van der Waals surface area (Å²) >= 11 is 1.96. The van der Waals surface area contributed by atoms with Gasteiger partial charge in [0.15, 0.2) is 6.29 Å². The van der Waals surface area contributed by atoms with E-state index in [2.05, 4.69) is 40.7 Å². The molecule has 0 bridgehead atoms. The Hall–Kier alpha value is -2.74. The van der Waals surface area contributed by atoms with Crippen LogP contribution in [0.3, 0.4) is 0 Å². The Morgan fingerprint density at radius 2 is 1.95 bits per heavy atom. The van der Waals surface area contributed by atoms with Crippen molar-refractivity contribution in [3.05, 3.63) is 81.3 Å². The van der Waals surface area contributed by atoms with E-state index in [1.807, 2.05) is 69.3 Å². The summed E-state index contributed by atoms with van der Waals surface area (Å²) < 4.78 is 0. The van der Waals surface area contributed by atoms with Crippen LogP contribution in [0.5, 0.6) is 0 Å². The highest BCUT2D eigenvalue weighted by atomic mass is 32.1. The summed E-state index contributed by atoms with van der Waals surface area (Å²) in [4.78, 5) is 25.7. The molecule has 38 heavy (non-hydrogen) atoms. The highest BCUT2D eigenvalue weighted by molar-refractivity contribution is 7.12. The van der Waals surface area contributed by atoms with E-state index in [0.717, 1.165) is 70.1 Å². The molecule has 3 heterocycles. The summed E-state index contributed by atoms with van der Waals surface area (Å²) in [5.74, 6) is 0.